The first-order valence-electron chi connectivity index (χ1n) is 5.91. The maximum atomic E-state index is 5.87. The second-order valence-corrected chi connectivity index (χ2v) is 5.25. The molecule has 1 aliphatic heterocycles. The molecule has 0 aliphatic carbocycles. The van der Waals surface area contributed by atoms with Gasteiger partial charge in [0.05, 0.1) is 13.2 Å². The molecule has 1 heterocycles. The highest BCUT2D eigenvalue weighted by atomic mass is 16.5. The van der Waals surface area contributed by atoms with Crippen molar-refractivity contribution in [2.45, 2.75) is 27.2 Å². The molecule has 0 amide bonds. The van der Waals surface area contributed by atoms with E-state index in [2.05, 4.69) is 32.9 Å². The van der Waals surface area contributed by atoms with Crippen LogP contribution in [0.15, 0.2) is 12.1 Å². The van der Waals surface area contributed by atoms with Gasteiger partial charge in [-0.3, -0.25) is 0 Å². The summed E-state index contributed by atoms with van der Waals surface area (Å²) >= 11 is 0. The van der Waals surface area contributed by atoms with Crippen molar-refractivity contribution < 1.29 is 4.74 Å². The predicted octanol–water partition coefficient (Wildman–Crippen LogP) is 2.13. The van der Waals surface area contributed by atoms with Crippen LogP contribution in [0.3, 0.4) is 0 Å². The number of aryl methyl sites for hydroxylation is 3. The maximum absolute atomic E-state index is 5.87. The smallest absolute Gasteiger partial charge is 0.0560 e. The second kappa shape index (κ2) is 4.19. The van der Waals surface area contributed by atoms with E-state index in [0.29, 0.717) is 0 Å². The van der Waals surface area contributed by atoms with E-state index in [1.807, 2.05) is 0 Å². The summed E-state index contributed by atoms with van der Waals surface area (Å²) in [6.07, 6.45) is 1.06. The Labute approximate surface area is 97.8 Å². The molecule has 1 aromatic rings. The van der Waals surface area contributed by atoms with E-state index in [4.69, 9.17) is 10.5 Å². The van der Waals surface area contributed by atoms with Gasteiger partial charge in [0.2, 0.25) is 0 Å². The topological polar surface area (TPSA) is 35.2 Å². The van der Waals surface area contributed by atoms with Crippen molar-refractivity contribution in [1.82, 2.24) is 0 Å². The van der Waals surface area contributed by atoms with E-state index in [1.165, 1.54) is 22.3 Å². The third-order valence-electron chi connectivity index (χ3n) is 3.64. The number of ether oxygens (including phenoxy) is 1. The van der Waals surface area contributed by atoms with E-state index < -0.39 is 0 Å². The fourth-order valence-corrected chi connectivity index (χ4v) is 2.55. The number of hydrogen-bond acceptors (Lipinski definition) is 2. The van der Waals surface area contributed by atoms with Crippen LogP contribution in [0.25, 0.3) is 0 Å². The standard InChI is InChI=1S/C14H21NO/c1-10-4-11(2)13(12(3)5-10)6-14(7-15)8-16-9-14/h4-5H,6-9,15H2,1-3H3. The van der Waals surface area contributed by atoms with Gasteiger partial charge in [-0.05, 0) is 43.9 Å². The molecule has 0 bridgehead atoms. The molecule has 0 spiro atoms. The van der Waals surface area contributed by atoms with Crippen molar-refractivity contribution in [3.05, 3.63) is 34.4 Å². The zero-order valence-electron chi connectivity index (χ0n) is 10.5. The monoisotopic (exact) mass is 219 g/mol. The highest BCUT2D eigenvalue weighted by Gasteiger charge is 2.37. The van der Waals surface area contributed by atoms with E-state index in [-0.39, 0.29) is 5.41 Å². The molecular weight excluding hydrogens is 198 g/mol. The van der Waals surface area contributed by atoms with Crippen molar-refractivity contribution in [3.8, 4) is 0 Å². The second-order valence-electron chi connectivity index (χ2n) is 5.25. The fourth-order valence-electron chi connectivity index (χ4n) is 2.55. The SMILES string of the molecule is Cc1cc(C)c(CC2(CN)COC2)c(C)c1. The Morgan fingerprint density at radius 3 is 2.12 bits per heavy atom. The summed E-state index contributed by atoms with van der Waals surface area (Å²) in [6, 6.07) is 4.51. The van der Waals surface area contributed by atoms with Crippen LogP contribution >= 0.6 is 0 Å². The lowest BCUT2D eigenvalue weighted by atomic mass is 9.77. The van der Waals surface area contributed by atoms with Gasteiger partial charge < -0.3 is 10.5 Å². The minimum Gasteiger partial charge on any atom is -0.380 e. The molecule has 1 fully saturated rings. The van der Waals surface area contributed by atoms with Gasteiger partial charge in [-0.15, -0.1) is 0 Å². The summed E-state index contributed by atoms with van der Waals surface area (Å²) in [6.45, 7) is 8.89. The van der Waals surface area contributed by atoms with Crippen LogP contribution in [-0.4, -0.2) is 19.8 Å². The van der Waals surface area contributed by atoms with Crippen LogP contribution in [-0.2, 0) is 11.2 Å². The van der Waals surface area contributed by atoms with Crippen molar-refractivity contribution in [1.29, 1.82) is 0 Å². The van der Waals surface area contributed by atoms with Gasteiger partial charge in [-0.2, -0.15) is 0 Å². The molecule has 88 valence electrons. The average Bonchev–Trinajstić information content (AvgIpc) is 2.14. The summed E-state index contributed by atoms with van der Waals surface area (Å²) in [5.41, 5.74) is 11.6. The molecule has 1 aliphatic rings. The van der Waals surface area contributed by atoms with Crippen LogP contribution in [0.5, 0.6) is 0 Å². The van der Waals surface area contributed by atoms with Crippen molar-refractivity contribution in [2.24, 2.45) is 11.1 Å². The summed E-state index contributed by atoms with van der Waals surface area (Å²) in [7, 11) is 0. The van der Waals surface area contributed by atoms with E-state index in [9.17, 15) is 0 Å². The summed E-state index contributed by atoms with van der Waals surface area (Å²) < 4.78 is 5.32. The van der Waals surface area contributed by atoms with E-state index >= 15 is 0 Å². The molecule has 2 N–H and O–H groups in total. The minimum atomic E-state index is 0.199. The predicted molar refractivity (Wildman–Crippen MR) is 66.7 cm³/mol. The molecule has 0 unspecified atom stereocenters. The van der Waals surface area contributed by atoms with Crippen molar-refractivity contribution in [2.75, 3.05) is 19.8 Å². The summed E-state index contributed by atoms with van der Waals surface area (Å²) in [5, 5.41) is 0. The van der Waals surface area contributed by atoms with Crippen LogP contribution in [0.4, 0.5) is 0 Å². The first-order chi connectivity index (χ1) is 7.56. The molecule has 1 saturated heterocycles. The van der Waals surface area contributed by atoms with Crippen LogP contribution in [0.2, 0.25) is 0 Å². The van der Waals surface area contributed by atoms with Crippen LogP contribution in [0, 0.1) is 26.2 Å². The maximum Gasteiger partial charge on any atom is 0.0560 e. The first-order valence-corrected chi connectivity index (χ1v) is 5.91. The lowest BCUT2D eigenvalue weighted by Gasteiger charge is -2.41. The average molecular weight is 219 g/mol. The number of hydrogen-bond donors (Lipinski definition) is 1. The van der Waals surface area contributed by atoms with Gasteiger partial charge in [0.15, 0.2) is 0 Å². The van der Waals surface area contributed by atoms with E-state index in [1.54, 1.807) is 0 Å². The largest absolute Gasteiger partial charge is 0.380 e. The Morgan fingerprint density at radius 1 is 1.19 bits per heavy atom. The highest BCUT2D eigenvalue weighted by Crippen LogP contribution is 2.33. The molecule has 2 nitrogen and oxygen atoms in total. The normalized spacial score (nSPS) is 18.2. The number of benzene rings is 1. The Bertz CT molecular complexity index is 365. The van der Waals surface area contributed by atoms with E-state index in [0.717, 1.165) is 26.2 Å². The highest BCUT2D eigenvalue weighted by molar-refractivity contribution is 5.38. The third-order valence-corrected chi connectivity index (χ3v) is 3.64. The molecular formula is C14H21NO. The minimum absolute atomic E-state index is 0.199. The molecule has 0 saturated carbocycles. The van der Waals surface area contributed by atoms with Gasteiger partial charge >= 0.3 is 0 Å². The Kier molecular flexibility index (Phi) is 3.04. The zero-order chi connectivity index (χ0) is 11.8. The Morgan fingerprint density at radius 2 is 1.75 bits per heavy atom. The lowest BCUT2D eigenvalue weighted by molar-refractivity contribution is -0.106. The molecule has 2 heteroatoms. The van der Waals surface area contributed by atoms with Gasteiger partial charge in [-0.25, -0.2) is 0 Å². The van der Waals surface area contributed by atoms with Gasteiger partial charge in [0.1, 0.15) is 0 Å². The van der Waals surface area contributed by atoms with Gasteiger partial charge in [0.25, 0.3) is 0 Å². The Balaban J connectivity index is 2.27. The van der Waals surface area contributed by atoms with Crippen LogP contribution < -0.4 is 5.73 Å². The van der Waals surface area contributed by atoms with Crippen molar-refractivity contribution in [3.63, 3.8) is 0 Å². The zero-order valence-corrected chi connectivity index (χ0v) is 10.5. The molecule has 0 radical (unpaired) electrons. The molecule has 0 atom stereocenters. The lowest BCUT2D eigenvalue weighted by Crippen LogP contribution is -2.50. The molecule has 16 heavy (non-hydrogen) atoms. The van der Waals surface area contributed by atoms with Gasteiger partial charge in [0, 0.05) is 12.0 Å². The summed E-state index contributed by atoms with van der Waals surface area (Å²) in [5.74, 6) is 0. The molecule has 1 aromatic carbocycles. The third kappa shape index (κ3) is 2.00. The molecule has 2 rings (SSSR count). The Hall–Kier alpha value is -0.860. The quantitative estimate of drug-likeness (QED) is 0.845. The van der Waals surface area contributed by atoms with Crippen LogP contribution in [0.1, 0.15) is 22.3 Å². The number of nitrogens with two attached hydrogens (primary N) is 1. The molecule has 0 aromatic heterocycles. The number of rotatable bonds is 3. The summed E-state index contributed by atoms with van der Waals surface area (Å²) in [4.78, 5) is 0. The van der Waals surface area contributed by atoms with Crippen molar-refractivity contribution >= 4 is 0 Å². The van der Waals surface area contributed by atoms with Gasteiger partial charge in [-0.1, -0.05) is 17.7 Å². The first kappa shape index (κ1) is 11.6. The fraction of sp³-hybridized carbons (Fsp3) is 0.571.